The molecule has 1 atom stereocenters. The van der Waals surface area contributed by atoms with E-state index in [1.165, 1.54) is 5.56 Å². The second-order valence-electron chi connectivity index (χ2n) is 5.50. The third-order valence-electron chi connectivity index (χ3n) is 2.84. The fraction of sp³-hybridized carbons (Fsp3) is 0.571. The molecule has 0 amide bonds. The molecular weight excluding hydrogens is 250 g/mol. The average molecular weight is 272 g/mol. The molecule has 102 valence electrons. The van der Waals surface area contributed by atoms with Crippen LogP contribution in [0.25, 0.3) is 0 Å². The maximum Gasteiger partial charge on any atom is 0.436 e. The molecule has 0 bridgehead atoms. The maximum atomic E-state index is 12.7. The molecule has 0 radical (unpaired) electrons. The van der Waals surface area contributed by atoms with Gasteiger partial charge < -0.3 is 9.42 Å². The van der Waals surface area contributed by atoms with Gasteiger partial charge in [0.2, 0.25) is 0 Å². The minimum Gasteiger partial charge on any atom is -0.424 e. The molecule has 0 fully saturated rings. The molecular formula is C14H22FO2P. The summed E-state index contributed by atoms with van der Waals surface area (Å²) in [6.45, 7) is 8.31. The molecule has 2 nitrogen and oxygen atoms in total. The van der Waals surface area contributed by atoms with Gasteiger partial charge in [0.25, 0.3) is 0 Å². The van der Waals surface area contributed by atoms with Gasteiger partial charge in [0.1, 0.15) is 5.75 Å². The Balaban J connectivity index is 3.05. The third-order valence-corrected chi connectivity index (χ3v) is 3.19. The summed E-state index contributed by atoms with van der Waals surface area (Å²) >= 11 is 0. The lowest BCUT2D eigenvalue weighted by Gasteiger charge is -2.23. The highest BCUT2D eigenvalue weighted by atomic mass is 31.2. The van der Waals surface area contributed by atoms with Crippen molar-refractivity contribution in [1.82, 2.24) is 0 Å². The first kappa shape index (κ1) is 15.4. The quantitative estimate of drug-likeness (QED) is 0.773. The van der Waals surface area contributed by atoms with Crippen molar-refractivity contribution in [2.45, 2.75) is 52.4 Å². The van der Waals surface area contributed by atoms with Crippen LogP contribution in [-0.2, 0) is 11.8 Å². The van der Waals surface area contributed by atoms with Crippen LogP contribution in [0.2, 0.25) is 0 Å². The first-order valence-electron chi connectivity index (χ1n) is 6.30. The number of rotatable bonds is 5. The molecule has 18 heavy (non-hydrogen) atoms. The van der Waals surface area contributed by atoms with Crippen LogP contribution in [-0.4, -0.2) is 4.89 Å². The van der Waals surface area contributed by atoms with E-state index in [2.05, 4.69) is 33.8 Å². The molecule has 0 aliphatic carbocycles. The Hall–Kier alpha value is -0.660. The van der Waals surface area contributed by atoms with Gasteiger partial charge in [0.05, 0.1) is 0 Å². The van der Waals surface area contributed by atoms with Crippen LogP contribution < -0.4 is 4.52 Å². The van der Waals surface area contributed by atoms with Crippen LogP contribution in [0.5, 0.6) is 5.75 Å². The summed E-state index contributed by atoms with van der Waals surface area (Å²) in [5.74, 6) is 0.443. The van der Waals surface area contributed by atoms with Crippen LogP contribution in [0.15, 0.2) is 18.2 Å². The lowest BCUT2D eigenvalue weighted by molar-refractivity contribution is 0.423. The van der Waals surface area contributed by atoms with Crippen molar-refractivity contribution in [3.05, 3.63) is 29.3 Å². The fourth-order valence-corrected chi connectivity index (χ4v) is 2.18. The molecule has 1 aromatic rings. The van der Waals surface area contributed by atoms with E-state index in [-0.39, 0.29) is 5.41 Å². The second-order valence-corrected chi connectivity index (χ2v) is 6.14. The molecule has 0 saturated heterocycles. The maximum absolute atomic E-state index is 12.7. The number of hydrogen-bond acceptors (Lipinski definition) is 2. The highest BCUT2D eigenvalue weighted by Crippen LogP contribution is 2.40. The largest absolute Gasteiger partial charge is 0.436 e. The first-order chi connectivity index (χ1) is 8.34. The van der Waals surface area contributed by atoms with E-state index in [4.69, 9.17) is 9.42 Å². The number of benzene rings is 1. The topological polar surface area (TPSA) is 29.5 Å². The molecule has 1 aromatic carbocycles. The van der Waals surface area contributed by atoms with Gasteiger partial charge in [0.15, 0.2) is 0 Å². The molecule has 1 rings (SSSR count). The molecule has 1 unspecified atom stereocenters. The SMILES string of the molecule is CCCCc1ccc(OP(O)F)c(C(C)(C)C)c1. The van der Waals surface area contributed by atoms with Crippen LogP contribution in [0.4, 0.5) is 4.20 Å². The van der Waals surface area contributed by atoms with Crippen molar-refractivity contribution in [3.8, 4) is 5.75 Å². The second kappa shape index (κ2) is 6.49. The normalized spacial score (nSPS) is 13.4. The summed E-state index contributed by atoms with van der Waals surface area (Å²) in [5, 5.41) is 0. The number of aryl methyl sites for hydroxylation is 1. The monoisotopic (exact) mass is 272 g/mol. The van der Waals surface area contributed by atoms with Gasteiger partial charge >= 0.3 is 8.69 Å². The highest BCUT2D eigenvalue weighted by Gasteiger charge is 2.21. The predicted octanol–water partition coefficient (Wildman–Crippen LogP) is 4.89. The molecule has 1 N–H and O–H groups in total. The summed E-state index contributed by atoms with van der Waals surface area (Å²) in [5.41, 5.74) is 2.04. The Bertz CT molecular complexity index is 386. The van der Waals surface area contributed by atoms with Gasteiger partial charge in [-0.05, 0) is 29.9 Å². The summed E-state index contributed by atoms with van der Waals surface area (Å²) in [6, 6.07) is 5.76. The van der Waals surface area contributed by atoms with Crippen molar-refractivity contribution < 1.29 is 13.6 Å². The van der Waals surface area contributed by atoms with Crippen molar-refractivity contribution in [2.75, 3.05) is 0 Å². The first-order valence-corrected chi connectivity index (χ1v) is 7.41. The Morgan fingerprint density at radius 2 is 2.00 bits per heavy atom. The zero-order valence-corrected chi connectivity index (χ0v) is 12.4. The Kier molecular flexibility index (Phi) is 5.55. The van der Waals surface area contributed by atoms with Gasteiger partial charge in [-0.2, -0.15) is 0 Å². The third kappa shape index (κ3) is 4.55. The minimum absolute atomic E-state index is 0.136. The molecule has 0 aromatic heterocycles. The van der Waals surface area contributed by atoms with E-state index in [1.54, 1.807) is 6.07 Å². The van der Waals surface area contributed by atoms with E-state index in [0.29, 0.717) is 5.75 Å². The fourth-order valence-electron chi connectivity index (χ4n) is 1.86. The van der Waals surface area contributed by atoms with Crippen LogP contribution in [0.3, 0.4) is 0 Å². The Morgan fingerprint density at radius 3 is 2.50 bits per heavy atom. The van der Waals surface area contributed by atoms with E-state index in [0.717, 1.165) is 24.8 Å². The lowest BCUT2D eigenvalue weighted by Crippen LogP contribution is -2.13. The van der Waals surface area contributed by atoms with Crippen molar-refractivity contribution in [2.24, 2.45) is 0 Å². The molecule has 0 saturated carbocycles. The smallest absolute Gasteiger partial charge is 0.424 e. The predicted molar refractivity (Wildman–Crippen MR) is 74.6 cm³/mol. The minimum atomic E-state index is -2.86. The van der Waals surface area contributed by atoms with Crippen LogP contribution >= 0.6 is 8.69 Å². The van der Waals surface area contributed by atoms with Gasteiger partial charge in [-0.1, -0.05) is 46.2 Å². The molecule has 0 spiro atoms. The van der Waals surface area contributed by atoms with E-state index in [1.807, 2.05) is 6.07 Å². The highest BCUT2D eigenvalue weighted by molar-refractivity contribution is 7.40. The van der Waals surface area contributed by atoms with Gasteiger partial charge in [-0.3, -0.25) is 0 Å². The average Bonchev–Trinajstić information content (AvgIpc) is 2.25. The van der Waals surface area contributed by atoms with Crippen LogP contribution in [0, 0.1) is 0 Å². The van der Waals surface area contributed by atoms with Gasteiger partial charge in [-0.25, -0.2) is 0 Å². The number of halogens is 1. The van der Waals surface area contributed by atoms with Crippen LogP contribution in [0.1, 0.15) is 51.7 Å². The van der Waals surface area contributed by atoms with Gasteiger partial charge in [0, 0.05) is 5.56 Å². The summed E-state index contributed by atoms with van der Waals surface area (Å²) < 4.78 is 17.5. The Morgan fingerprint density at radius 1 is 1.33 bits per heavy atom. The zero-order chi connectivity index (χ0) is 13.8. The van der Waals surface area contributed by atoms with E-state index in [9.17, 15) is 4.20 Å². The van der Waals surface area contributed by atoms with Crippen molar-refractivity contribution in [1.29, 1.82) is 0 Å². The molecule has 0 aliphatic rings. The number of unbranched alkanes of at least 4 members (excludes halogenated alkanes) is 1. The number of hydrogen-bond donors (Lipinski definition) is 1. The Labute approximate surface area is 110 Å². The summed E-state index contributed by atoms with van der Waals surface area (Å²) in [6.07, 6.45) is 3.30. The molecule has 4 heteroatoms. The zero-order valence-electron chi connectivity index (χ0n) is 11.5. The van der Waals surface area contributed by atoms with E-state index >= 15 is 0 Å². The van der Waals surface area contributed by atoms with E-state index < -0.39 is 8.69 Å². The van der Waals surface area contributed by atoms with Gasteiger partial charge in [-0.15, -0.1) is 4.20 Å². The molecule has 0 heterocycles. The van der Waals surface area contributed by atoms with Crippen molar-refractivity contribution >= 4 is 8.69 Å². The van der Waals surface area contributed by atoms with Crippen molar-refractivity contribution in [3.63, 3.8) is 0 Å². The lowest BCUT2D eigenvalue weighted by atomic mass is 9.85. The summed E-state index contributed by atoms with van der Waals surface area (Å²) in [7, 11) is -2.86. The standard InChI is InChI=1S/C14H22FO2P/c1-5-6-7-11-8-9-13(17-18(15)16)12(10-11)14(2,3)4/h8-10,16H,5-7H2,1-4H3. The molecule has 0 aliphatic heterocycles. The summed E-state index contributed by atoms with van der Waals surface area (Å²) in [4.78, 5) is 8.78.